The van der Waals surface area contributed by atoms with Crippen molar-refractivity contribution in [3.63, 3.8) is 0 Å². The van der Waals surface area contributed by atoms with E-state index in [2.05, 4.69) is 22.4 Å². The summed E-state index contributed by atoms with van der Waals surface area (Å²) in [5, 5.41) is 11.1. The summed E-state index contributed by atoms with van der Waals surface area (Å²) >= 11 is 0. The van der Waals surface area contributed by atoms with Crippen molar-refractivity contribution in [2.24, 2.45) is 5.92 Å². The van der Waals surface area contributed by atoms with E-state index in [9.17, 15) is 8.42 Å². The van der Waals surface area contributed by atoms with Crippen molar-refractivity contribution < 1.29 is 12.8 Å². The zero-order valence-corrected chi connectivity index (χ0v) is 15.4. The normalized spacial score (nSPS) is 25.0. The number of hydrogen-bond donors (Lipinski definition) is 1. The highest BCUT2D eigenvalue weighted by Crippen LogP contribution is 2.26. The van der Waals surface area contributed by atoms with Crippen molar-refractivity contribution in [3.05, 3.63) is 11.8 Å². The molecule has 1 aromatic heterocycles. The van der Waals surface area contributed by atoms with Crippen LogP contribution in [-0.4, -0.2) is 47.3 Å². The Morgan fingerprint density at radius 2 is 2.04 bits per heavy atom. The van der Waals surface area contributed by atoms with Crippen LogP contribution in [0.15, 0.2) is 4.42 Å². The lowest BCUT2D eigenvalue weighted by atomic mass is 9.90. The third-order valence-electron chi connectivity index (χ3n) is 4.55. The van der Waals surface area contributed by atoms with Crippen LogP contribution < -0.4 is 5.32 Å². The van der Waals surface area contributed by atoms with Crippen LogP contribution in [0.4, 0.5) is 0 Å². The van der Waals surface area contributed by atoms with Crippen LogP contribution in [0.5, 0.6) is 0 Å². The molecular weight excluding hydrogens is 316 g/mol. The van der Waals surface area contributed by atoms with Gasteiger partial charge in [-0.05, 0) is 33.1 Å². The summed E-state index contributed by atoms with van der Waals surface area (Å²) in [4.78, 5) is 0. The van der Waals surface area contributed by atoms with Gasteiger partial charge >= 0.3 is 0 Å². The standard InChI is InChI=1S/C15H28N4O3S/c1-6-13-9-19(23(20,21)10(2)3)8-7-14(13)16-11(4)15-18-17-12(5)22-15/h10-11,13-14,16H,6-9H2,1-5H3/t11-,13+,14-/m0/s1. The van der Waals surface area contributed by atoms with E-state index < -0.39 is 10.0 Å². The molecule has 0 radical (unpaired) electrons. The van der Waals surface area contributed by atoms with Crippen LogP contribution >= 0.6 is 0 Å². The maximum absolute atomic E-state index is 12.4. The second kappa shape index (κ2) is 7.27. The third kappa shape index (κ3) is 4.10. The molecule has 1 fully saturated rings. The van der Waals surface area contributed by atoms with Gasteiger partial charge in [0.15, 0.2) is 0 Å². The molecule has 0 amide bonds. The van der Waals surface area contributed by atoms with Crippen LogP contribution in [0.25, 0.3) is 0 Å². The summed E-state index contributed by atoms with van der Waals surface area (Å²) in [6.45, 7) is 10.5. The monoisotopic (exact) mass is 344 g/mol. The fraction of sp³-hybridized carbons (Fsp3) is 0.867. The first-order valence-corrected chi connectivity index (χ1v) is 9.81. The summed E-state index contributed by atoms with van der Waals surface area (Å²) in [6, 6.07) is 0.212. The van der Waals surface area contributed by atoms with Crippen LogP contribution in [-0.2, 0) is 10.0 Å². The Labute approximate surface area is 138 Å². The van der Waals surface area contributed by atoms with Gasteiger partial charge in [-0.1, -0.05) is 13.3 Å². The molecule has 7 nitrogen and oxygen atoms in total. The summed E-state index contributed by atoms with van der Waals surface area (Å²) in [6.07, 6.45) is 1.72. The Hall–Kier alpha value is -0.990. The Bertz CT molecular complexity index is 614. The second-order valence-electron chi connectivity index (χ2n) is 6.56. The molecule has 0 bridgehead atoms. The fourth-order valence-corrected chi connectivity index (χ4v) is 4.40. The summed E-state index contributed by atoms with van der Waals surface area (Å²) < 4.78 is 31.9. The molecular formula is C15H28N4O3S. The first-order valence-electron chi connectivity index (χ1n) is 8.30. The van der Waals surface area contributed by atoms with Crippen molar-refractivity contribution in [1.29, 1.82) is 0 Å². The molecule has 3 atom stereocenters. The number of nitrogens with zero attached hydrogens (tertiary/aromatic N) is 3. The van der Waals surface area contributed by atoms with Gasteiger partial charge in [0.1, 0.15) is 0 Å². The number of aromatic nitrogens is 2. The molecule has 0 aromatic carbocycles. The van der Waals surface area contributed by atoms with Gasteiger partial charge in [-0.2, -0.15) is 0 Å². The number of sulfonamides is 1. The van der Waals surface area contributed by atoms with Crippen LogP contribution in [0, 0.1) is 12.8 Å². The van der Waals surface area contributed by atoms with E-state index in [1.54, 1.807) is 25.1 Å². The van der Waals surface area contributed by atoms with E-state index in [1.807, 2.05) is 6.92 Å². The Balaban J connectivity index is 2.02. The first-order chi connectivity index (χ1) is 10.8. The molecule has 0 unspecified atom stereocenters. The number of aryl methyl sites for hydroxylation is 1. The van der Waals surface area contributed by atoms with Crippen LogP contribution in [0.2, 0.25) is 0 Å². The van der Waals surface area contributed by atoms with E-state index in [4.69, 9.17) is 4.42 Å². The van der Waals surface area contributed by atoms with Crippen molar-refractivity contribution in [2.45, 2.75) is 64.8 Å². The molecule has 0 saturated carbocycles. The largest absolute Gasteiger partial charge is 0.424 e. The predicted molar refractivity (Wildman–Crippen MR) is 88.4 cm³/mol. The molecule has 1 aliphatic heterocycles. The molecule has 23 heavy (non-hydrogen) atoms. The van der Waals surface area contributed by atoms with Gasteiger partial charge in [0.25, 0.3) is 0 Å². The Kier molecular flexibility index (Phi) is 5.80. The van der Waals surface area contributed by atoms with E-state index >= 15 is 0 Å². The van der Waals surface area contributed by atoms with Gasteiger partial charge in [-0.25, -0.2) is 12.7 Å². The van der Waals surface area contributed by atoms with Gasteiger partial charge in [0.2, 0.25) is 21.8 Å². The average Bonchev–Trinajstić information content (AvgIpc) is 2.94. The zero-order valence-electron chi connectivity index (χ0n) is 14.6. The maximum Gasteiger partial charge on any atom is 0.233 e. The van der Waals surface area contributed by atoms with Crippen molar-refractivity contribution in [1.82, 2.24) is 19.8 Å². The molecule has 0 spiro atoms. The van der Waals surface area contributed by atoms with Crippen LogP contribution in [0.1, 0.15) is 58.4 Å². The third-order valence-corrected chi connectivity index (χ3v) is 6.80. The fourth-order valence-electron chi connectivity index (χ4n) is 3.04. The summed E-state index contributed by atoms with van der Waals surface area (Å²) in [7, 11) is -3.18. The van der Waals surface area contributed by atoms with E-state index in [0.29, 0.717) is 24.9 Å². The summed E-state index contributed by atoms with van der Waals surface area (Å²) in [5.41, 5.74) is 0. The Morgan fingerprint density at radius 1 is 1.35 bits per heavy atom. The average molecular weight is 344 g/mol. The minimum absolute atomic E-state index is 0.0384. The van der Waals surface area contributed by atoms with Gasteiger partial charge < -0.3 is 9.73 Å². The Morgan fingerprint density at radius 3 is 2.57 bits per heavy atom. The second-order valence-corrected chi connectivity index (χ2v) is 9.05. The molecule has 2 heterocycles. The quantitative estimate of drug-likeness (QED) is 0.847. The summed E-state index contributed by atoms with van der Waals surface area (Å²) in [5.74, 6) is 1.41. The van der Waals surface area contributed by atoms with Gasteiger partial charge in [0, 0.05) is 26.1 Å². The topological polar surface area (TPSA) is 88.3 Å². The highest BCUT2D eigenvalue weighted by atomic mass is 32.2. The molecule has 1 saturated heterocycles. The van der Waals surface area contributed by atoms with Gasteiger partial charge in [-0.3, -0.25) is 0 Å². The van der Waals surface area contributed by atoms with Crippen molar-refractivity contribution >= 4 is 10.0 Å². The molecule has 1 N–H and O–H groups in total. The van der Waals surface area contributed by atoms with Crippen molar-refractivity contribution in [3.8, 4) is 0 Å². The van der Waals surface area contributed by atoms with Gasteiger partial charge in [-0.15, -0.1) is 10.2 Å². The number of piperidine rings is 1. The van der Waals surface area contributed by atoms with E-state index in [0.717, 1.165) is 12.8 Å². The van der Waals surface area contributed by atoms with Crippen molar-refractivity contribution in [2.75, 3.05) is 13.1 Å². The molecule has 2 rings (SSSR count). The highest BCUT2D eigenvalue weighted by Gasteiger charge is 2.36. The van der Waals surface area contributed by atoms with E-state index in [-0.39, 0.29) is 23.3 Å². The number of hydrogen-bond acceptors (Lipinski definition) is 6. The molecule has 8 heteroatoms. The van der Waals surface area contributed by atoms with E-state index in [1.165, 1.54) is 0 Å². The van der Waals surface area contributed by atoms with Crippen LogP contribution in [0.3, 0.4) is 0 Å². The minimum Gasteiger partial charge on any atom is -0.424 e. The highest BCUT2D eigenvalue weighted by molar-refractivity contribution is 7.89. The lowest BCUT2D eigenvalue weighted by Gasteiger charge is -2.39. The predicted octanol–water partition coefficient (Wildman–Crippen LogP) is 1.87. The number of rotatable bonds is 6. The molecule has 132 valence electrons. The zero-order chi connectivity index (χ0) is 17.2. The molecule has 0 aliphatic carbocycles. The number of nitrogens with one attached hydrogen (secondary N) is 1. The lowest BCUT2D eigenvalue weighted by molar-refractivity contribution is 0.186. The minimum atomic E-state index is -3.18. The first kappa shape index (κ1) is 18.4. The lowest BCUT2D eigenvalue weighted by Crippen LogP contribution is -2.52. The SMILES string of the molecule is CC[C@@H]1CN(S(=O)(=O)C(C)C)CC[C@@H]1N[C@@H](C)c1nnc(C)o1. The molecule has 1 aromatic rings. The smallest absolute Gasteiger partial charge is 0.233 e. The maximum atomic E-state index is 12.4. The van der Waals surface area contributed by atoms with Gasteiger partial charge in [0.05, 0.1) is 11.3 Å². The molecule has 1 aliphatic rings.